The maximum atomic E-state index is 6.76. The lowest BCUT2D eigenvalue weighted by Gasteiger charge is -2.24. The highest BCUT2D eigenvalue weighted by atomic mass is 16.3. The Morgan fingerprint density at radius 3 is 2.07 bits per heavy atom. The van der Waals surface area contributed by atoms with Crippen molar-refractivity contribution >= 4 is 33.0 Å². The van der Waals surface area contributed by atoms with Crippen molar-refractivity contribution in [2.45, 2.75) is 66.7 Å². The Balaban J connectivity index is 1.53. The molecule has 0 spiro atoms. The van der Waals surface area contributed by atoms with Gasteiger partial charge in [-0.15, -0.1) is 0 Å². The summed E-state index contributed by atoms with van der Waals surface area (Å²) in [5.41, 5.74) is 12.7. The quantitative estimate of drug-likeness (QED) is 0.193. The Kier molecular flexibility index (Phi) is 7.16. The molecule has 0 atom stereocenters. The van der Waals surface area contributed by atoms with E-state index in [0.29, 0.717) is 11.8 Å². The van der Waals surface area contributed by atoms with Gasteiger partial charge < -0.3 is 4.42 Å². The highest BCUT2D eigenvalue weighted by Gasteiger charge is 2.25. The average Bonchev–Trinajstić information content (AvgIpc) is 3.58. The topological polar surface area (TPSA) is 31.0 Å². The molecule has 3 nitrogen and oxygen atoms in total. The minimum absolute atomic E-state index is 0.202. The molecular formula is C42H42N2O. The molecule has 0 aliphatic heterocycles. The van der Waals surface area contributed by atoms with Crippen molar-refractivity contribution in [2.75, 3.05) is 0 Å². The van der Waals surface area contributed by atoms with Crippen LogP contribution in [0.5, 0.6) is 0 Å². The van der Waals surface area contributed by atoms with E-state index in [1.54, 1.807) is 0 Å². The van der Waals surface area contributed by atoms with Gasteiger partial charge in [0.25, 0.3) is 0 Å². The number of rotatable bonds is 6. The third kappa shape index (κ3) is 5.25. The first-order valence-electron chi connectivity index (χ1n) is 16.2. The van der Waals surface area contributed by atoms with Gasteiger partial charge in [-0.3, -0.25) is 4.57 Å². The fourth-order valence-corrected chi connectivity index (χ4v) is 6.79. The normalized spacial score (nSPS) is 12.4. The van der Waals surface area contributed by atoms with Crippen LogP contribution in [0.4, 0.5) is 0 Å². The molecule has 0 saturated carbocycles. The van der Waals surface area contributed by atoms with Crippen LogP contribution in [-0.4, -0.2) is 9.55 Å². The molecule has 7 aromatic rings. The van der Waals surface area contributed by atoms with Crippen molar-refractivity contribution in [1.82, 2.24) is 9.55 Å². The van der Waals surface area contributed by atoms with E-state index in [1.165, 1.54) is 33.5 Å². The SMILES string of the molecule is CC(C)c1cc(-c2ccccc2)cc(C(C)C)c1-n1c(-c2cccc3c2oc2cc(CC(C)(C)C)ccc23)nc2ccccc21. The van der Waals surface area contributed by atoms with Gasteiger partial charge in [-0.05, 0) is 87.9 Å². The van der Waals surface area contributed by atoms with Crippen molar-refractivity contribution in [2.24, 2.45) is 5.41 Å². The standard InChI is InChI=1S/C42H42N2O/c1-26(2)34-23-30(29-14-9-8-10-15-29)24-35(27(3)4)39(34)44-37-19-12-11-18-36(37)43-41(44)33-17-13-16-32-31-21-20-28(25-42(5,6)7)22-38(31)45-40(32)33/h8-24,26-27H,25H2,1-7H3. The number of hydrogen-bond acceptors (Lipinski definition) is 2. The van der Waals surface area contributed by atoms with Crippen molar-refractivity contribution < 1.29 is 4.42 Å². The molecule has 45 heavy (non-hydrogen) atoms. The van der Waals surface area contributed by atoms with Crippen molar-refractivity contribution in [1.29, 1.82) is 0 Å². The van der Waals surface area contributed by atoms with E-state index in [0.717, 1.165) is 50.8 Å². The predicted octanol–water partition coefficient (Wildman–Crippen LogP) is 12.1. The van der Waals surface area contributed by atoms with Crippen LogP contribution in [0.25, 0.3) is 61.2 Å². The Morgan fingerprint density at radius 2 is 1.38 bits per heavy atom. The van der Waals surface area contributed by atoms with Gasteiger partial charge in [0.2, 0.25) is 0 Å². The molecule has 3 heteroatoms. The lowest BCUT2D eigenvalue weighted by molar-refractivity contribution is 0.411. The molecule has 226 valence electrons. The summed E-state index contributed by atoms with van der Waals surface area (Å²) in [4.78, 5) is 5.33. The summed E-state index contributed by atoms with van der Waals surface area (Å²) in [5, 5.41) is 2.26. The summed E-state index contributed by atoms with van der Waals surface area (Å²) < 4.78 is 9.16. The fourth-order valence-electron chi connectivity index (χ4n) is 6.79. The smallest absolute Gasteiger partial charge is 0.149 e. The van der Waals surface area contributed by atoms with Crippen LogP contribution in [-0.2, 0) is 6.42 Å². The molecule has 0 aliphatic carbocycles. The number of aromatic nitrogens is 2. The van der Waals surface area contributed by atoms with Gasteiger partial charge in [-0.25, -0.2) is 4.98 Å². The molecule has 2 aromatic heterocycles. The lowest BCUT2D eigenvalue weighted by atomic mass is 9.88. The molecule has 0 amide bonds. The second-order valence-corrected chi connectivity index (χ2v) is 14.3. The maximum Gasteiger partial charge on any atom is 0.149 e. The first-order chi connectivity index (χ1) is 21.6. The highest BCUT2D eigenvalue weighted by molar-refractivity contribution is 6.09. The molecule has 5 aromatic carbocycles. The Labute approximate surface area is 266 Å². The monoisotopic (exact) mass is 590 g/mol. The molecule has 0 N–H and O–H groups in total. The lowest BCUT2D eigenvalue weighted by Crippen LogP contribution is -2.09. The van der Waals surface area contributed by atoms with Gasteiger partial charge in [0, 0.05) is 10.8 Å². The Bertz CT molecular complexity index is 2140. The van der Waals surface area contributed by atoms with Crippen molar-refractivity contribution in [3.63, 3.8) is 0 Å². The van der Waals surface area contributed by atoms with E-state index < -0.39 is 0 Å². The summed E-state index contributed by atoms with van der Waals surface area (Å²) in [6, 6.07) is 37.2. The van der Waals surface area contributed by atoms with E-state index in [4.69, 9.17) is 9.40 Å². The van der Waals surface area contributed by atoms with Gasteiger partial charge in [0.15, 0.2) is 0 Å². The number of nitrogens with zero attached hydrogens (tertiary/aromatic N) is 2. The summed E-state index contributed by atoms with van der Waals surface area (Å²) in [5.74, 6) is 1.52. The summed E-state index contributed by atoms with van der Waals surface area (Å²) in [6.45, 7) is 16.0. The second kappa shape index (κ2) is 11.1. The van der Waals surface area contributed by atoms with Crippen LogP contribution < -0.4 is 0 Å². The zero-order valence-corrected chi connectivity index (χ0v) is 27.5. The Hall–Kier alpha value is -4.63. The molecule has 0 unspecified atom stereocenters. The van der Waals surface area contributed by atoms with E-state index in [-0.39, 0.29) is 5.41 Å². The average molecular weight is 591 g/mol. The van der Waals surface area contributed by atoms with Crippen LogP contribution in [0.1, 0.15) is 77.0 Å². The van der Waals surface area contributed by atoms with Gasteiger partial charge in [0.05, 0.1) is 22.3 Å². The maximum absolute atomic E-state index is 6.76. The highest BCUT2D eigenvalue weighted by Crippen LogP contribution is 2.42. The molecule has 2 heterocycles. The fraction of sp³-hybridized carbons (Fsp3) is 0.262. The second-order valence-electron chi connectivity index (χ2n) is 14.3. The minimum atomic E-state index is 0.202. The van der Waals surface area contributed by atoms with E-state index in [1.807, 2.05) is 0 Å². The van der Waals surface area contributed by atoms with Gasteiger partial charge in [-0.2, -0.15) is 0 Å². The summed E-state index contributed by atoms with van der Waals surface area (Å²) in [6.07, 6.45) is 0.998. The van der Waals surface area contributed by atoms with E-state index in [9.17, 15) is 0 Å². The molecule has 0 saturated heterocycles. The van der Waals surface area contributed by atoms with E-state index in [2.05, 4.69) is 156 Å². The zero-order valence-electron chi connectivity index (χ0n) is 27.5. The minimum Gasteiger partial charge on any atom is -0.455 e. The van der Waals surface area contributed by atoms with Crippen LogP contribution in [0.2, 0.25) is 0 Å². The number of imidazole rings is 1. The zero-order chi connectivity index (χ0) is 31.5. The largest absolute Gasteiger partial charge is 0.455 e. The van der Waals surface area contributed by atoms with Gasteiger partial charge in [0.1, 0.15) is 17.0 Å². The number of fused-ring (bicyclic) bond motifs is 4. The molecule has 0 bridgehead atoms. The van der Waals surface area contributed by atoms with Crippen LogP contribution in [0.3, 0.4) is 0 Å². The third-order valence-electron chi connectivity index (χ3n) is 8.84. The van der Waals surface area contributed by atoms with Gasteiger partial charge in [-0.1, -0.05) is 115 Å². The van der Waals surface area contributed by atoms with Crippen molar-refractivity contribution in [3.8, 4) is 28.2 Å². The van der Waals surface area contributed by atoms with Crippen LogP contribution in [0, 0.1) is 5.41 Å². The first kappa shape index (κ1) is 29.1. The number of para-hydroxylation sites is 3. The van der Waals surface area contributed by atoms with Crippen LogP contribution >= 0.6 is 0 Å². The Morgan fingerprint density at radius 1 is 0.689 bits per heavy atom. The summed E-state index contributed by atoms with van der Waals surface area (Å²) >= 11 is 0. The molecule has 0 aliphatic rings. The third-order valence-corrected chi connectivity index (χ3v) is 8.84. The van der Waals surface area contributed by atoms with Crippen molar-refractivity contribution in [3.05, 3.63) is 120 Å². The summed E-state index contributed by atoms with van der Waals surface area (Å²) in [7, 11) is 0. The molecule has 0 radical (unpaired) electrons. The molecule has 0 fully saturated rings. The van der Waals surface area contributed by atoms with Gasteiger partial charge >= 0.3 is 0 Å². The van der Waals surface area contributed by atoms with E-state index >= 15 is 0 Å². The number of hydrogen-bond donors (Lipinski definition) is 0. The predicted molar refractivity (Wildman–Crippen MR) is 191 cm³/mol. The first-order valence-corrected chi connectivity index (χ1v) is 16.2. The molecule has 7 rings (SSSR count). The number of benzene rings is 5. The van der Waals surface area contributed by atoms with Crippen LogP contribution in [0.15, 0.2) is 108 Å². The molecular weight excluding hydrogens is 548 g/mol. The number of furan rings is 1.